The summed E-state index contributed by atoms with van der Waals surface area (Å²) in [4.78, 5) is 0. The monoisotopic (exact) mass is 195 g/mol. The Kier molecular flexibility index (Phi) is 2.31. The first-order valence-corrected chi connectivity index (χ1v) is 5.17. The summed E-state index contributed by atoms with van der Waals surface area (Å²) < 4.78 is 0. The van der Waals surface area contributed by atoms with Crippen LogP contribution in [0.3, 0.4) is 0 Å². The van der Waals surface area contributed by atoms with E-state index in [9.17, 15) is 0 Å². The van der Waals surface area contributed by atoms with Gasteiger partial charge in [0.2, 0.25) is 0 Å². The first-order valence-electron chi connectivity index (χ1n) is 4.79. The van der Waals surface area contributed by atoms with E-state index in [4.69, 9.17) is 17.3 Å². The van der Waals surface area contributed by atoms with Gasteiger partial charge in [0.05, 0.1) is 0 Å². The minimum atomic E-state index is 0.238. The Hall–Kier alpha value is -0.530. The fourth-order valence-electron chi connectivity index (χ4n) is 2.17. The molecule has 0 aliphatic heterocycles. The summed E-state index contributed by atoms with van der Waals surface area (Å²) in [5.41, 5.74) is 10.1. The predicted octanol–water partition coefficient (Wildman–Crippen LogP) is 2.85. The van der Waals surface area contributed by atoms with Gasteiger partial charge in [-0.15, -0.1) is 0 Å². The maximum Gasteiger partial charge on any atom is 0.0411 e. The van der Waals surface area contributed by atoms with E-state index < -0.39 is 0 Å². The zero-order valence-corrected chi connectivity index (χ0v) is 8.56. The maximum atomic E-state index is 6.03. The molecule has 0 fully saturated rings. The lowest BCUT2D eigenvalue weighted by molar-refractivity contribution is 0.707. The van der Waals surface area contributed by atoms with Gasteiger partial charge in [0.1, 0.15) is 0 Å². The van der Waals surface area contributed by atoms with E-state index in [0.29, 0.717) is 0 Å². The highest BCUT2D eigenvalue weighted by Gasteiger charge is 2.21. The zero-order chi connectivity index (χ0) is 9.42. The van der Waals surface area contributed by atoms with Gasteiger partial charge in [-0.1, -0.05) is 18.5 Å². The lowest BCUT2D eigenvalue weighted by atomic mass is 9.99. The number of fused-ring (bicyclic) bond motifs is 1. The van der Waals surface area contributed by atoms with Crippen molar-refractivity contribution in [2.75, 3.05) is 0 Å². The third-order valence-electron chi connectivity index (χ3n) is 2.79. The quantitative estimate of drug-likeness (QED) is 0.733. The molecule has 0 saturated heterocycles. The Bertz CT molecular complexity index is 333. The van der Waals surface area contributed by atoms with E-state index >= 15 is 0 Å². The van der Waals surface area contributed by atoms with Crippen LogP contribution in [0.4, 0.5) is 0 Å². The van der Waals surface area contributed by atoms with Crippen LogP contribution in [0.15, 0.2) is 12.1 Å². The van der Waals surface area contributed by atoms with Crippen molar-refractivity contribution in [3.05, 3.63) is 33.8 Å². The molecule has 0 saturated carbocycles. The van der Waals surface area contributed by atoms with Gasteiger partial charge in [-0.2, -0.15) is 0 Å². The van der Waals surface area contributed by atoms with Crippen LogP contribution < -0.4 is 5.73 Å². The van der Waals surface area contributed by atoms with Crippen LogP contribution >= 0.6 is 11.6 Å². The van der Waals surface area contributed by atoms with Crippen molar-refractivity contribution >= 4 is 11.6 Å². The van der Waals surface area contributed by atoms with Crippen molar-refractivity contribution in [3.63, 3.8) is 0 Å². The Labute approximate surface area is 83.9 Å². The smallest absolute Gasteiger partial charge is 0.0411 e. The van der Waals surface area contributed by atoms with E-state index in [0.717, 1.165) is 24.3 Å². The normalized spacial score (nSPS) is 20.4. The number of benzene rings is 1. The summed E-state index contributed by atoms with van der Waals surface area (Å²) in [7, 11) is 0. The first kappa shape index (κ1) is 9.04. The van der Waals surface area contributed by atoms with Gasteiger partial charge >= 0.3 is 0 Å². The molecule has 0 bridgehead atoms. The second kappa shape index (κ2) is 3.32. The largest absolute Gasteiger partial charge is 0.324 e. The molecule has 0 aromatic heterocycles. The minimum Gasteiger partial charge on any atom is -0.324 e. The van der Waals surface area contributed by atoms with Gasteiger partial charge < -0.3 is 5.73 Å². The SMILES string of the molecule is CCc1cc(Cl)cc2c1[C@@H](N)CC2. The number of nitrogens with two attached hydrogens (primary N) is 1. The molecular formula is C11H14ClN. The summed E-state index contributed by atoms with van der Waals surface area (Å²) in [6.45, 7) is 2.15. The molecule has 2 rings (SSSR count). The summed E-state index contributed by atoms with van der Waals surface area (Å²) in [6.07, 6.45) is 3.18. The van der Waals surface area contributed by atoms with Crippen LogP contribution in [-0.4, -0.2) is 0 Å². The van der Waals surface area contributed by atoms with E-state index in [1.807, 2.05) is 6.07 Å². The van der Waals surface area contributed by atoms with E-state index in [-0.39, 0.29) is 6.04 Å². The summed E-state index contributed by atoms with van der Waals surface area (Å²) in [6, 6.07) is 4.34. The lowest BCUT2D eigenvalue weighted by Gasteiger charge is -2.11. The number of aryl methyl sites for hydroxylation is 2. The molecule has 0 unspecified atom stereocenters. The van der Waals surface area contributed by atoms with Crippen molar-refractivity contribution in [2.45, 2.75) is 32.2 Å². The van der Waals surface area contributed by atoms with Crippen LogP contribution in [0.2, 0.25) is 5.02 Å². The standard InChI is InChI=1S/C11H14ClN/c1-2-7-5-9(12)6-8-3-4-10(13)11(7)8/h5-6,10H,2-4,13H2,1H3/t10-/m0/s1. The molecule has 1 atom stereocenters. The van der Waals surface area contributed by atoms with Crippen LogP contribution in [0.25, 0.3) is 0 Å². The van der Waals surface area contributed by atoms with E-state index in [2.05, 4.69) is 13.0 Å². The molecule has 2 N–H and O–H groups in total. The highest BCUT2D eigenvalue weighted by atomic mass is 35.5. The number of hydrogen-bond donors (Lipinski definition) is 1. The molecule has 2 heteroatoms. The average molecular weight is 196 g/mol. The average Bonchev–Trinajstić information content (AvgIpc) is 2.46. The molecule has 1 aromatic carbocycles. The molecule has 0 radical (unpaired) electrons. The fourth-order valence-corrected chi connectivity index (χ4v) is 2.43. The summed E-state index contributed by atoms with van der Waals surface area (Å²) >= 11 is 6.01. The topological polar surface area (TPSA) is 26.0 Å². The highest BCUT2D eigenvalue weighted by Crippen LogP contribution is 2.34. The van der Waals surface area contributed by atoms with Crippen LogP contribution in [-0.2, 0) is 12.8 Å². The Morgan fingerprint density at radius 1 is 1.54 bits per heavy atom. The Balaban J connectivity index is 2.57. The van der Waals surface area contributed by atoms with E-state index in [1.54, 1.807) is 0 Å². The van der Waals surface area contributed by atoms with Gasteiger partial charge in [0.25, 0.3) is 0 Å². The molecule has 1 aromatic rings. The molecular weight excluding hydrogens is 182 g/mol. The molecule has 70 valence electrons. The van der Waals surface area contributed by atoms with Crippen LogP contribution in [0, 0.1) is 0 Å². The third kappa shape index (κ3) is 1.47. The number of hydrogen-bond acceptors (Lipinski definition) is 1. The summed E-state index contributed by atoms with van der Waals surface area (Å²) in [5, 5.41) is 0.852. The van der Waals surface area contributed by atoms with Crippen LogP contribution in [0.1, 0.15) is 36.1 Å². The predicted molar refractivity (Wildman–Crippen MR) is 56.1 cm³/mol. The molecule has 0 spiro atoms. The van der Waals surface area contributed by atoms with Crippen molar-refractivity contribution in [3.8, 4) is 0 Å². The van der Waals surface area contributed by atoms with Crippen molar-refractivity contribution in [1.82, 2.24) is 0 Å². The van der Waals surface area contributed by atoms with E-state index in [1.165, 1.54) is 16.7 Å². The lowest BCUT2D eigenvalue weighted by Crippen LogP contribution is -2.08. The third-order valence-corrected chi connectivity index (χ3v) is 3.01. The van der Waals surface area contributed by atoms with Gasteiger partial charge in [-0.25, -0.2) is 0 Å². The molecule has 13 heavy (non-hydrogen) atoms. The molecule has 0 amide bonds. The van der Waals surface area contributed by atoms with Gasteiger partial charge in [-0.05, 0) is 48.1 Å². The van der Waals surface area contributed by atoms with Crippen molar-refractivity contribution in [2.24, 2.45) is 5.73 Å². The van der Waals surface area contributed by atoms with Crippen molar-refractivity contribution < 1.29 is 0 Å². The number of halogens is 1. The number of rotatable bonds is 1. The van der Waals surface area contributed by atoms with Gasteiger partial charge in [0, 0.05) is 11.1 Å². The highest BCUT2D eigenvalue weighted by molar-refractivity contribution is 6.30. The second-order valence-electron chi connectivity index (χ2n) is 3.64. The van der Waals surface area contributed by atoms with Crippen molar-refractivity contribution in [1.29, 1.82) is 0 Å². The molecule has 0 heterocycles. The maximum absolute atomic E-state index is 6.03. The van der Waals surface area contributed by atoms with Gasteiger partial charge in [-0.3, -0.25) is 0 Å². The summed E-state index contributed by atoms with van der Waals surface area (Å²) in [5.74, 6) is 0. The Morgan fingerprint density at radius 2 is 2.31 bits per heavy atom. The Morgan fingerprint density at radius 3 is 3.00 bits per heavy atom. The zero-order valence-electron chi connectivity index (χ0n) is 7.81. The molecule has 1 aliphatic carbocycles. The fraction of sp³-hybridized carbons (Fsp3) is 0.455. The second-order valence-corrected chi connectivity index (χ2v) is 4.07. The molecule has 1 nitrogen and oxygen atoms in total. The van der Waals surface area contributed by atoms with Crippen LogP contribution in [0.5, 0.6) is 0 Å². The minimum absolute atomic E-state index is 0.238. The molecule has 1 aliphatic rings. The van der Waals surface area contributed by atoms with Gasteiger partial charge in [0.15, 0.2) is 0 Å². The first-order chi connectivity index (χ1) is 6.22.